The van der Waals surface area contributed by atoms with Crippen molar-refractivity contribution in [1.82, 2.24) is 0 Å². The van der Waals surface area contributed by atoms with E-state index in [-0.39, 0.29) is 17.2 Å². The third kappa shape index (κ3) is 3.77. The highest BCUT2D eigenvalue weighted by Gasteiger charge is 2.41. The Hall–Kier alpha value is -3.45. The second kappa shape index (κ2) is 7.18. The lowest BCUT2D eigenvalue weighted by molar-refractivity contribution is -0.137. The van der Waals surface area contributed by atoms with Gasteiger partial charge in [0, 0.05) is 16.8 Å². The highest BCUT2D eigenvalue weighted by atomic mass is 19.4. The Labute approximate surface area is 165 Å². The van der Waals surface area contributed by atoms with Crippen molar-refractivity contribution in [3.63, 3.8) is 0 Å². The number of aliphatic hydroxyl groups is 1. The molecule has 0 fully saturated rings. The standard InChI is InChI=1S/C22H16F3N3O/c23-22(24,25)17-13-11-16(12-14-17)21(29)20(26-18-9-5-2-6-10-18)27-19(28-21)15-7-3-1-4-8-15/h1-14,29H,(H,26,27,28). The van der Waals surface area contributed by atoms with Crippen LogP contribution in [0.15, 0.2) is 94.9 Å². The van der Waals surface area contributed by atoms with E-state index < -0.39 is 17.5 Å². The number of alkyl halides is 3. The molecule has 1 atom stereocenters. The van der Waals surface area contributed by atoms with Crippen LogP contribution in [-0.2, 0) is 11.9 Å². The van der Waals surface area contributed by atoms with Gasteiger partial charge in [-0.25, -0.2) is 9.98 Å². The minimum atomic E-state index is -4.46. The molecule has 1 aliphatic heterocycles. The van der Waals surface area contributed by atoms with Gasteiger partial charge in [-0.2, -0.15) is 13.2 Å². The molecule has 3 aromatic carbocycles. The number of halogens is 3. The second-order valence-electron chi connectivity index (χ2n) is 6.50. The summed E-state index contributed by atoms with van der Waals surface area (Å²) >= 11 is 0. The number of para-hydroxylation sites is 1. The molecule has 7 heteroatoms. The summed E-state index contributed by atoms with van der Waals surface area (Å²) in [4.78, 5) is 8.79. The van der Waals surface area contributed by atoms with Gasteiger partial charge in [-0.15, -0.1) is 0 Å². The molecule has 4 nitrogen and oxygen atoms in total. The highest BCUT2D eigenvalue weighted by molar-refractivity contribution is 6.17. The van der Waals surface area contributed by atoms with Gasteiger partial charge >= 0.3 is 6.18 Å². The van der Waals surface area contributed by atoms with Gasteiger partial charge in [-0.05, 0) is 24.3 Å². The summed E-state index contributed by atoms with van der Waals surface area (Å²) in [5.41, 5.74) is -1.21. The van der Waals surface area contributed by atoms with Crippen LogP contribution in [0.3, 0.4) is 0 Å². The number of aliphatic imine (C=N–C) groups is 2. The van der Waals surface area contributed by atoms with Crippen molar-refractivity contribution in [2.45, 2.75) is 11.9 Å². The van der Waals surface area contributed by atoms with E-state index in [0.717, 1.165) is 12.1 Å². The van der Waals surface area contributed by atoms with Gasteiger partial charge in [0.25, 0.3) is 0 Å². The summed E-state index contributed by atoms with van der Waals surface area (Å²) in [7, 11) is 0. The Kier molecular flexibility index (Phi) is 4.68. The fraction of sp³-hybridized carbons (Fsp3) is 0.0909. The first-order valence-corrected chi connectivity index (χ1v) is 8.83. The Morgan fingerprint density at radius 1 is 0.793 bits per heavy atom. The van der Waals surface area contributed by atoms with E-state index in [1.807, 2.05) is 36.4 Å². The number of amidine groups is 2. The van der Waals surface area contributed by atoms with E-state index in [4.69, 9.17) is 0 Å². The number of hydrogen-bond donors (Lipinski definition) is 2. The van der Waals surface area contributed by atoms with Crippen molar-refractivity contribution in [2.24, 2.45) is 9.98 Å². The third-order valence-corrected chi connectivity index (χ3v) is 4.50. The first-order chi connectivity index (χ1) is 13.9. The molecule has 1 heterocycles. The topological polar surface area (TPSA) is 57.0 Å². The van der Waals surface area contributed by atoms with Crippen LogP contribution in [0.4, 0.5) is 18.9 Å². The summed E-state index contributed by atoms with van der Waals surface area (Å²) < 4.78 is 38.7. The van der Waals surface area contributed by atoms with Crippen molar-refractivity contribution in [2.75, 3.05) is 5.32 Å². The van der Waals surface area contributed by atoms with Gasteiger partial charge in [0.2, 0.25) is 5.72 Å². The molecule has 3 aromatic rings. The first-order valence-electron chi connectivity index (χ1n) is 8.83. The lowest BCUT2D eigenvalue weighted by Gasteiger charge is -2.23. The summed E-state index contributed by atoms with van der Waals surface area (Å²) in [5.74, 6) is 0.397. The molecule has 0 aromatic heterocycles. The first kappa shape index (κ1) is 18.9. The van der Waals surface area contributed by atoms with Crippen LogP contribution in [-0.4, -0.2) is 16.8 Å². The smallest absolute Gasteiger partial charge is 0.359 e. The van der Waals surface area contributed by atoms with Gasteiger partial charge < -0.3 is 10.4 Å². The fourth-order valence-electron chi connectivity index (χ4n) is 3.00. The number of benzene rings is 3. The van der Waals surface area contributed by atoms with E-state index >= 15 is 0 Å². The molecule has 0 amide bonds. The molecular formula is C22H16F3N3O. The summed E-state index contributed by atoms with van der Waals surface area (Å²) in [6, 6.07) is 22.4. The van der Waals surface area contributed by atoms with Crippen molar-refractivity contribution < 1.29 is 18.3 Å². The van der Waals surface area contributed by atoms with Gasteiger partial charge in [0.05, 0.1) is 5.56 Å². The third-order valence-electron chi connectivity index (χ3n) is 4.50. The molecule has 0 bridgehead atoms. The SMILES string of the molecule is OC1(c2ccc(C(F)(F)F)cc2)N=C(c2ccccc2)N=C1Nc1ccccc1. The quantitative estimate of drug-likeness (QED) is 0.668. The van der Waals surface area contributed by atoms with E-state index in [2.05, 4.69) is 15.3 Å². The zero-order chi connectivity index (χ0) is 20.5. The maximum atomic E-state index is 12.9. The molecule has 2 N–H and O–H groups in total. The van der Waals surface area contributed by atoms with Crippen molar-refractivity contribution in [3.8, 4) is 0 Å². The number of anilines is 1. The molecule has 146 valence electrons. The molecule has 0 aliphatic carbocycles. The van der Waals surface area contributed by atoms with Crippen molar-refractivity contribution >= 4 is 17.4 Å². The molecule has 0 spiro atoms. The highest BCUT2D eigenvalue weighted by Crippen LogP contribution is 2.34. The fourth-order valence-corrected chi connectivity index (χ4v) is 3.00. The lowest BCUT2D eigenvalue weighted by atomic mass is 10.0. The predicted octanol–water partition coefficient (Wildman–Crippen LogP) is 4.82. The lowest BCUT2D eigenvalue weighted by Crippen LogP contribution is -2.36. The zero-order valence-electron chi connectivity index (χ0n) is 15.1. The number of nitrogens with zero attached hydrogens (tertiary/aromatic N) is 2. The minimum absolute atomic E-state index is 0.113. The van der Waals surface area contributed by atoms with Crippen LogP contribution in [0.5, 0.6) is 0 Å². The zero-order valence-corrected chi connectivity index (χ0v) is 15.1. The molecule has 0 saturated carbocycles. The molecule has 1 unspecified atom stereocenters. The Morgan fingerprint density at radius 3 is 1.97 bits per heavy atom. The molecule has 1 aliphatic rings. The molecule has 29 heavy (non-hydrogen) atoms. The van der Waals surface area contributed by atoms with Gasteiger partial charge in [0.1, 0.15) is 0 Å². The number of rotatable bonds is 3. The van der Waals surface area contributed by atoms with Crippen LogP contribution < -0.4 is 5.32 Å². The van der Waals surface area contributed by atoms with Gasteiger partial charge in [-0.3, -0.25) is 0 Å². The Bertz CT molecular complexity index is 1060. The average molecular weight is 395 g/mol. The van der Waals surface area contributed by atoms with E-state index in [1.165, 1.54) is 12.1 Å². The van der Waals surface area contributed by atoms with Crippen LogP contribution >= 0.6 is 0 Å². The summed E-state index contributed by atoms with van der Waals surface area (Å²) in [5, 5.41) is 14.4. The van der Waals surface area contributed by atoms with E-state index in [1.54, 1.807) is 24.3 Å². The molecular weight excluding hydrogens is 379 g/mol. The van der Waals surface area contributed by atoms with Crippen LogP contribution in [0.1, 0.15) is 16.7 Å². The molecule has 0 saturated heterocycles. The van der Waals surface area contributed by atoms with Gasteiger partial charge in [-0.1, -0.05) is 60.7 Å². The summed E-state index contributed by atoms with van der Waals surface area (Å²) in [6.45, 7) is 0. The molecule has 4 rings (SSSR count). The van der Waals surface area contributed by atoms with Crippen LogP contribution in [0.25, 0.3) is 0 Å². The normalized spacial score (nSPS) is 18.9. The minimum Gasteiger partial charge on any atom is -0.359 e. The number of hydrogen-bond acceptors (Lipinski definition) is 4. The average Bonchev–Trinajstić information content (AvgIpc) is 3.06. The van der Waals surface area contributed by atoms with Crippen LogP contribution in [0, 0.1) is 0 Å². The van der Waals surface area contributed by atoms with Crippen molar-refractivity contribution in [1.29, 1.82) is 0 Å². The monoisotopic (exact) mass is 395 g/mol. The van der Waals surface area contributed by atoms with E-state index in [0.29, 0.717) is 11.3 Å². The van der Waals surface area contributed by atoms with Crippen molar-refractivity contribution in [3.05, 3.63) is 102 Å². The summed E-state index contributed by atoms with van der Waals surface area (Å²) in [6.07, 6.45) is -4.46. The molecule has 0 radical (unpaired) electrons. The van der Waals surface area contributed by atoms with Gasteiger partial charge in [0.15, 0.2) is 11.7 Å². The predicted molar refractivity (Wildman–Crippen MR) is 106 cm³/mol. The largest absolute Gasteiger partial charge is 0.416 e. The van der Waals surface area contributed by atoms with Crippen LogP contribution in [0.2, 0.25) is 0 Å². The number of nitrogens with one attached hydrogen (secondary N) is 1. The maximum Gasteiger partial charge on any atom is 0.416 e. The maximum absolute atomic E-state index is 12.9. The second-order valence-corrected chi connectivity index (χ2v) is 6.50. The Balaban J connectivity index is 1.77. The Morgan fingerprint density at radius 2 is 1.38 bits per heavy atom. The van der Waals surface area contributed by atoms with E-state index in [9.17, 15) is 18.3 Å².